The zero-order valence-electron chi connectivity index (χ0n) is 19.0. The van der Waals surface area contributed by atoms with Crippen LogP contribution in [0.4, 0.5) is 0 Å². The molecule has 1 heterocycles. The summed E-state index contributed by atoms with van der Waals surface area (Å²) in [5.41, 5.74) is 1.28. The number of carbonyl (C=O) groups excluding carboxylic acids is 1. The first-order chi connectivity index (χ1) is 16.5. The first-order valence-electron chi connectivity index (χ1n) is 10.8. The van der Waals surface area contributed by atoms with E-state index in [9.17, 15) is 14.7 Å². The number of nitrogens with one attached hydrogen (secondary N) is 1. The minimum absolute atomic E-state index is 0.00475. The normalized spacial score (nSPS) is 11.9. The Morgan fingerprint density at radius 3 is 2.03 bits per heavy atom. The lowest BCUT2D eigenvalue weighted by Gasteiger charge is -2.18. The summed E-state index contributed by atoms with van der Waals surface area (Å²) in [5, 5.41) is 14.2. The molecule has 3 aromatic carbocycles. The molecule has 0 saturated heterocycles. The monoisotopic (exact) mass is 462 g/mol. The molecule has 0 radical (unpaired) electrons. The predicted molar refractivity (Wildman–Crippen MR) is 130 cm³/mol. The van der Waals surface area contributed by atoms with Crippen LogP contribution in [0.3, 0.4) is 0 Å². The van der Waals surface area contributed by atoms with Gasteiger partial charge in [0.15, 0.2) is 16.9 Å². The van der Waals surface area contributed by atoms with Gasteiger partial charge in [-0.3, -0.25) is 9.59 Å². The zero-order chi connectivity index (χ0) is 24.1. The fourth-order valence-corrected chi connectivity index (χ4v) is 3.88. The number of carbonyl (C=O) groups is 1. The lowest BCUT2D eigenvalue weighted by atomic mass is 10.1. The number of benzene rings is 3. The lowest BCUT2D eigenvalue weighted by Crippen LogP contribution is -2.37. The molecular formula is C26H26N2O6. The molecule has 176 valence electrons. The highest BCUT2D eigenvalue weighted by atomic mass is 16.5. The third kappa shape index (κ3) is 4.67. The maximum Gasteiger partial charge on any atom is 0.240 e. The molecule has 0 fully saturated rings. The van der Waals surface area contributed by atoms with Crippen molar-refractivity contribution in [2.45, 2.75) is 12.6 Å². The van der Waals surface area contributed by atoms with Crippen LogP contribution in [0.15, 0.2) is 71.5 Å². The topological polar surface area (TPSA) is 99.0 Å². The molecule has 0 aliphatic rings. The fourth-order valence-electron chi connectivity index (χ4n) is 3.88. The summed E-state index contributed by atoms with van der Waals surface area (Å²) in [4.78, 5) is 25.6. The Kier molecular flexibility index (Phi) is 6.98. The molecule has 0 spiro atoms. The van der Waals surface area contributed by atoms with Gasteiger partial charge in [-0.15, -0.1) is 0 Å². The van der Waals surface area contributed by atoms with Crippen LogP contribution in [-0.2, 0) is 11.3 Å². The molecule has 1 aromatic heterocycles. The van der Waals surface area contributed by atoms with Crippen LogP contribution < -0.4 is 25.0 Å². The summed E-state index contributed by atoms with van der Waals surface area (Å²) in [5.74, 6) is 1.04. The molecule has 4 rings (SSSR count). The van der Waals surface area contributed by atoms with Gasteiger partial charge < -0.3 is 29.2 Å². The number of pyridine rings is 1. The number of methoxy groups -OCH3 is 2. The average molecular weight is 463 g/mol. The van der Waals surface area contributed by atoms with Crippen molar-refractivity contribution in [1.29, 1.82) is 0 Å². The van der Waals surface area contributed by atoms with Crippen LogP contribution in [0.2, 0.25) is 0 Å². The molecule has 4 aromatic rings. The van der Waals surface area contributed by atoms with Gasteiger partial charge in [-0.1, -0.05) is 30.3 Å². The van der Waals surface area contributed by atoms with Crippen molar-refractivity contribution in [3.63, 3.8) is 0 Å². The van der Waals surface area contributed by atoms with Gasteiger partial charge in [-0.05, 0) is 36.4 Å². The SMILES string of the molecule is COc1cccc(OC)c1OCC(O)CNC(=O)Cn1c2ccccc2c(=O)c2ccccc21. The van der Waals surface area contributed by atoms with Gasteiger partial charge in [0.05, 0.1) is 25.3 Å². The third-order valence-corrected chi connectivity index (χ3v) is 5.52. The summed E-state index contributed by atoms with van der Waals surface area (Å²) in [6, 6.07) is 19.6. The van der Waals surface area contributed by atoms with E-state index in [4.69, 9.17) is 14.2 Å². The summed E-state index contributed by atoms with van der Waals surface area (Å²) >= 11 is 0. The maximum absolute atomic E-state index is 12.8. The minimum atomic E-state index is -0.957. The molecular weight excluding hydrogens is 436 g/mol. The Hall–Kier alpha value is -4.04. The van der Waals surface area contributed by atoms with Gasteiger partial charge in [0.25, 0.3) is 0 Å². The Balaban J connectivity index is 1.45. The molecule has 8 nitrogen and oxygen atoms in total. The summed E-state index contributed by atoms with van der Waals surface area (Å²) < 4.78 is 18.1. The molecule has 1 amide bonds. The van der Waals surface area contributed by atoms with Crippen molar-refractivity contribution in [3.05, 3.63) is 77.0 Å². The van der Waals surface area contributed by atoms with Crippen molar-refractivity contribution in [1.82, 2.24) is 9.88 Å². The van der Waals surface area contributed by atoms with Crippen LogP contribution in [-0.4, -0.2) is 49.1 Å². The van der Waals surface area contributed by atoms with E-state index in [1.165, 1.54) is 14.2 Å². The van der Waals surface area contributed by atoms with Crippen molar-refractivity contribution in [2.24, 2.45) is 0 Å². The number of para-hydroxylation sites is 3. The fraction of sp³-hybridized carbons (Fsp3) is 0.231. The maximum atomic E-state index is 12.8. The van der Waals surface area contributed by atoms with E-state index in [0.29, 0.717) is 39.1 Å². The standard InChI is InChI=1S/C26H26N2O6/c1-32-22-12-7-13-23(33-2)26(22)34-16-17(29)14-27-24(30)15-28-20-10-5-3-8-18(20)25(31)19-9-4-6-11-21(19)28/h3-13,17,29H,14-16H2,1-2H3,(H,27,30). The highest BCUT2D eigenvalue weighted by molar-refractivity contribution is 5.94. The van der Waals surface area contributed by atoms with E-state index >= 15 is 0 Å². The predicted octanol–water partition coefficient (Wildman–Crippen LogP) is 2.73. The van der Waals surface area contributed by atoms with Crippen LogP contribution in [0.25, 0.3) is 21.8 Å². The molecule has 2 N–H and O–H groups in total. The molecule has 0 aliphatic carbocycles. The molecule has 1 unspecified atom stereocenters. The lowest BCUT2D eigenvalue weighted by molar-refractivity contribution is -0.122. The number of amides is 1. The molecule has 1 atom stereocenters. The Morgan fingerprint density at radius 2 is 1.47 bits per heavy atom. The Bertz CT molecular complexity index is 1300. The van der Waals surface area contributed by atoms with E-state index in [2.05, 4.69) is 5.32 Å². The Morgan fingerprint density at radius 1 is 0.912 bits per heavy atom. The van der Waals surface area contributed by atoms with E-state index < -0.39 is 6.10 Å². The number of aliphatic hydroxyl groups is 1. The number of aromatic nitrogens is 1. The molecule has 0 saturated carbocycles. The van der Waals surface area contributed by atoms with Crippen LogP contribution in [0.5, 0.6) is 17.2 Å². The van der Waals surface area contributed by atoms with E-state index in [0.717, 1.165) is 0 Å². The van der Waals surface area contributed by atoms with Crippen molar-refractivity contribution in [3.8, 4) is 17.2 Å². The number of fused-ring (bicyclic) bond motifs is 2. The average Bonchev–Trinajstić information content (AvgIpc) is 2.88. The van der Waals surface area contributed by atoms with Crippen LogP contribution in [0, 0.1) is 0 Å². The second kappa shape index (κ2) is 10.3. The van der Waals surface area contributed by atoms with Crippen molar-refractivity contribution < 1.29 is 24.1 Å². The summed E-state index contributed by atoms with van der Waals surface area (Å²) in [6.07, 6.45) is -0.957. The largest absolute Gasteiger partial charge is 0.493 e. The number of rotatable bonds is 9. The molecule has 8 heteroatoms. The van der Waals surface area contributed by atoms with E-state index in [1.807, 2.05) is 28.8 Å². The van der Waals surface area contributed by atoms with Gasteiger partial charge in [0, 0.05) is 17.3 Å². The second-order valence-corrected chi connectivity index (χ2v) is 7.71. The van der Waals surface area contributed by atoms with Gasteiger partial charge in [0.2, 0.25) is 11.7 Å². The smallest absolute Gasteiger partial charge is 0.240 e. The van der Waals surface area contributed by atoms with Crippen LogP contribution >= 0.6 is 0 Å². The first kappa shape index (κ1) is 23.1. The number of aliphatic hydroxyl groups excluding tert-OH is 1. The van der Waals surface area contributed by atoms with E-state index in [1.54, 1.807) is 42.5 Å². The number of hydrogen-bond donors (Lipinski definition) is 2. The Labute approximate surface area is 196 Å². The third-order valence-electron chi connectivity index (χ3n) is 5.52. The number of nitrogens with zero attached hydrogens (tertiary/aromatic N) is 1. The van der Waals surface area contributed by atoms with Gasteiger partial charge in [-0.25, -0.2) is 0 Å². The molecule has 34 heavy (non-hydrogen) atoms. The highest BCUT2D eigenvalue weighted by Gasteiger charge is 2.16. The summed E-state index contributed by atoms with van der Waals surface area (Å²) in [7, 11) is 3.03. The molecule has 0 bridgehead atoms. The van der Waals surface area contributed by atoms with Crippen molar-refractivity contribution in [2.75, 3.05) is 27.4 Å². The van der Waals surface area contributed by atoms with Gasteiger partial charge >= 0.3 is 0 Å². The number of ether oxygens (including phenoxy) is 3. The first-order valence-corrected chi connectivity index (χ1v) is 10.8. The quantitative estimate of drug-likeness (QED) is 0.371. The van der Waals surface area contributed by atoms with Crippen molar-refractivity contribution >= 4 is 27.7 Å². The minimum Gasteiger partial charge on any atom is -0.493 e. The second-order valence-electron chi connectivity index (χ2n) is 7.71. The highest BCUT2D eigenvalue weighted by Crippen LogP contribution is 2.36. The summed E-state index contributed by atoms with van der Waals surface area (Å²) in [6.45, 7) is -0.0809. The van der Waals surface area contributed by atoms with Gasteiger partial charge in [0.1, 0.15) is 19.3 Å². The number of hydrogen-bond acceptors (Lipinski definition) is 6. The van der Waals surface area contributed by atoms with E-state index in [-0.39, 0.29) is 31.0 Å². The molecule has 0 aliphatic heterocycles. The van der Waals surface area contributed by atoms with Crippen LogP contribution in [0.1, 0.15) is 0 Å². The zero-order valence-corrected chi connectivity index (χ0v) is 19.0. The van der Waals surface area contributed by atoms with Gasteiger partial charge in [-0.2, -0.15) is 0 Å².